The zero-order valence-electron chi connectivity index (χ0n) is 11.7. The maximum absolute atomic E-state index is 4.84. The fourth-order valence-corrected chi connectivity index (χ4v) is 2.70. The Labute approximate surface area is 123 Å². The summed E-state index contributed by atoms with van der Waals surface area (Å²) in [6.07, 6.45) is 1.82. The topological polar surface area (TPSA) is 25.8 Å². The first kappa shape index (κ1) is 12.0. The lowest BCUT2D eigenvalue weighted by Gasteiger charge is -2.09. The van der Waals surface area contributed by atoms with Gasteiger partial charge in [-0.25, -0.2) is 4.98 Å². The van der Waals surface area contributed by atoms with Gasteiger partial charge in [0.15, 0.2) is 0 Å². The monoisotopic (exact) mass is 270 g/mol. The van der Waals surface area contributed by atoms with Crippen LogP contribution < -0.4 is 0 Å². The van der Waals surface area contributed by atoms with E-state index in [4.69, 9.17) is 4.98 Å². The molecule has 0 saturated carbocycles. The lowest BCUT2D eigenvalue weighted by atomic mass is 10.0. The van der Waals surface area contributed by atoms with Gasteiger partial charge in [0.1, 0.15) is 0 Å². The Kier molecular flexibility index (Phi) is 2.68. The summed E-state index contributed by atoms with van der Waals surface area (Å²) in [6.45, 7) is 2.10. The molecule has 0 aliphatic heterocycles. The molecule has 4 rings (SSSR count). The van der Waals surface area contributed by atoms with Crippen LogP contribution in [0.15, 0.2) is 66.9 Å². The molecule has 0 atom stereocenters. The van der Waals surface area contributed by atoms with Gasteiger partial charge in [-0.1, -0.05) is 54.1 Å². The van der Waals surface area contributed by atoms with Crippen LogP contribution in [-0.4, -0.2) is 9.97 Å². The minimum absolute atomic E-state index is 0.937. The van der Waals surface area contributed by atoms with E-state index >= 15 is 0 Å². The van der Waals surface area contributed by atoms with Gasteiger partial charge in [0, 0.05) is 22.5 Å². The highest BCUT2D eigenvalue weighted by molar-refractivity contribution is 6.08. The van der Waals surface area contributed by atoms with E-state index < -0.39 is 0 Å². The first-order valence-corrected chi connectivity index (χ1v) is 7.03. The summed E-state index contributed by atoms with van der Waals surface area (Å²) in [5.41, 5.74) is 5.31. The number of pyridine rings is 2. The largest absolute Gasteiger partial charge is 0.254 e. The summed E-state index contributed by atoms with van der Waals surface area (Å²) < 4.78 is 0. The Morgan fingerprint density at radius 2 is 1.52 bits per heavy atom. The SMILES string of the molecule is Cc1ccc(-c2nc3cccnc3c3ccccc23)cc1. The minimum atomic E-state index is 0.937. The maximum atomic E-state index is 4.84. The van der Waals surface area contributed by atoms with Crippen LogP contribution in [0.4, 0.5) is 0 Å². The van der Waals surface area contributed by atoms with Crippen LogP contribution in [0.1, 0.15) is 5.56 Å². The zero-order valence-corrected chi connectivity index (χ0v) is 11.7. The molecule has 0 unspecified atom stereocenters. The molecule has 2 aromatic carbocycles. The van der Waals surface area contributed by atoms with Gasteiger partial charge in [0.2, 0.25) is 0 Å². The standard InChI is InChI=1S/C19H14N2/c1-13-8-10-14(11-9-13)18-15-5-2-3-6-16(15)19-17(21-18)7-4-12-20-19/h2-12H,1H3. The lowest BCUT2D eigenvalue weighted by molar-refractivity contribution is 1.35. The average molecular weight is 270 g/mol. The molecule has 100 valence electrons. The van der Waals surface area contributed by atoms with Gasteiger partial charge >= 0.3 is 0 Å². The fraction of sp³-hybridized carbons (Fsp3) is 0.0526. The molecular weight excluding hydrogens is 256 g/mol. The van der Waals surface area contributed by atoms with Gasteiger partial charge in [-0.05, 0) is 19.1 Å². The highest BCUT2D eigenvalue weighted by atomic mass is 14.8. The summed E-state index contributed by atoms with van der Waals surface area (Å²) in [6, 6.07) is 20.8. The van der Waals surface area contributed by atoms with E-state index in [1.54, 1.807) is 0 Å². The third-order valence-electron chi connectivity index (χ3n) is 3.78. The van der Waals surface area contributed by atoms with Gasteiger partial charge in [-0.3, -0.25) is 4.98 Å². The molecule has 2 nitrogen and oxygen atoms in total. The predicted molar refractivity (Wildman–Crippen MR) is 87.2 cm³/mol. The third kappa shape index (κ3) is 1.96. The summed E-state index contributed by atoms with van der Waals surface area (Å²) in [5.74, 6) is 0. The van der Waals surface area contributed by atoms with Gasteiger partial charge in [-0.15, -0.1) is 0 Å². The first-order chi connectivity index (χ1) is 10.3. The zero-order chi connectivity index (χ0) is 14.2. The molecule has 0 fully saturated rings. The highest BCUT2D eigenvalue weighted by Gasteiger charge is 2.10. The van der Waals surface area contributed by atoms with Crippen LogP contribution in [0, 0.1) is 6.92 Å². The van der Waals surface area contributed by atoms with Crippen LogP contribution >= 0.6 is 0 Å². The molecular formula is C19H14N2. The molecule has 4 aromatic rings. The Balaban J connectivity index is 2.13. The van der Waals surface area contributed by atoms with E-state index in [0.29, 0.717) is 0 Å². The van der Waals surface area contributed by atoms with Crippen molar-refractivity contribution in [3.05, 3.63) is 72.4 Å². The predicted octanol–water partition coefficient (Wildman–Crippen LogP) is 4.76. The van der Waals surface area contributed by atoms with Crippen molar-refractivity contribution in [2.24, 2.45) is 0 Å². The molecule has 0 radical (unpaired) electrons. The normalized spacial score (nSPS) is 11.1. The molecule has 21 heavy (non-hydrogen) atoms. The van der Waals surface area contributed by atoms with Crippen molar-refractivity contribution < 1.29 is 0 Å². The van der Waals surface area contributed by atoms with Crippen LogP contribution in [0.2, 0.25) is 0 Å². The Hall–Kier alpha value is -2.74. The van der Waals surface area contributed by atoms with E-state index in [2.05, 4.69) is 60.4 Å². The van der Waals surface area contributed by atoms with Crippen molar-refractivity contribution in [1.82, 2.24) is 9.97 Å². The number of aryl methyl sites for hydroxylation is 1. The molecule has 0 aliphatic rings. The maximum Gasteiger partial charge on any atom is 0.0965 e. The fourth-order valence-electron chi connectivity index (χ4n) is 2.70. The van der Waals surface area contributed by atoms with Crippen molar-refractivity contribution in [2.45, 2.75) is 6.92 Å². The second-order valence-electron chi connectivity index (χ2n) is 5.24. The highest BCUT2D eigenvalue weighted by Crippen LogP contribution is 2.31. The molecule has 0 saturated heterocycles. The smallest absolute Gasteiger partial charge is 0.0965 e. The first-order valence-electron chi connectivity index (χ1n) is 7.03. The van der Waals surface area contributed by atoms with Crippen molar-refractivity contribution in [2.75, 3.05) is 0 Å². The quantitative estimate of drug-likeness (QED) is 0.466. The third-order valence-corrected chi connectivity index (χ3v) is 3.78. The Bertz CT molecular complexity index is 940. The minimum Gasteiger partial charge on any atom is -0.254 e. The average Bonchev–Trinajstić information content (AvgIpc) is 2.55. The molecule has 0 spiro atoms. The second-order valence-corrected chi connectivity index (χ2v) is 5.24. The van der Waals surface area contributed by atoms with E-state index in [9.17, 15) is 0 Å². The van der Waals surface area contributed by atoms with E-state index in [1.165, 1.54) is 5.56 Å². The van der Waals surface area contributed by atoms with E-state index in [0.717, 1.165) is 33.1 Å². The number of aromatic nitrogens is 2. The molecule has 0 aliphatic carbocycles. The number of rotatable bonds is 1. The van der Waals surface area contributed by atoms with Crippen LogP contribution in [0.25, 0.3) is 33.1 Å². The van der Waals surface area contributed by atoms with Crippen molar-refractivity contribution in [3.63, 3.8) is 0 Å². The van der Waals surface area contributed by atoms with Crippen LogP contribution in [0.3, 0.4) is 0 Å². The van der Waals surface area contributed by atoms with Gasteiger partial charge < -0.3 is 0 Å². The summed E-state index contributed by atoms with van der Waals surface area (Å²) >= 11 is 0. The van der Waals surface area contributed by atoms with Gasteiger partial charge in [0.25, 0.3) is 0 Å². The number of hydrogen-bond donors (Lipinski definition) is 0. The molecule has 2 aromatic heterocycles. The van der Waals surface area contributed by atoms with Gasteiger partial charge in [0.05, 0.1) is 16.7 Å². The second kappa shape index (κ2) is 4.67. The Morgan fingerprint density at radius 1 is 0.762 bits per heavy atom. The number of hydrogen-bond acceptors (Lipinski definition) is 2. The number of nitrogens with zero attached hydrogens (tertiary/aromatic N) is 2. The van der Waals surface area contributed by atoms with Crippen molar-refractivity contribution in [3.8, 4) is 11.3 Å². The molecule has 0 bridgehead atoms. The summed E-state index contributed by atoms with van der Waals surface area (Å²) in [5, 5.41) is 2.30. The van der Waals surface area contributed by atoms with Crippen molar-refractivity contribution in [1.29, 1.82) is 0 Å². The number of fused-ring (bicyclic) bond motifs is 3. The van der Waals surface area contributed by atoms with Crippen LogP contribution in [-0.2, 0) is 0 Å². The summed E-state index contributed by atoms with van der Waals surface area (Å²) in [4.78, 5) is 9.34. The molecule has 0 N–H and O–H groups in total. The van der Waals surface area contributed by atoms with E-state index in [1.807, 2.05) is 18.3 Å². The molecule has 2 heterocycles. The van der Waals surface area contributed by atoms with Gasteiger partial charge in [-0.2, -0.15) is 0 Å². The lowest BCUT2D eigenvalue weighted by Crippen LogP contribution is -1.91. The van der Waals surface area contributed by atoms with Crippen molar-refractivity contribution >= 4 is 21.8 Å². The summed E-state index contributed by atoms with van der Waals surface area (Å²) in [7, 11) is 0. The molecule has 2 heteroatoms. The van der Waals surface area contributed by atoms with E-state index in [-0.39, 0.29) is 0 Å². The molecule has 0 amide bonds. The van der Waals surface area contributed by atoms with Crippen LogP contribution in [0.5, 0.6) is 0 Å². The Morgan fingerprint density at radius 3 is 2.33 bits per heavy atom. The number of benzene rings is 2.